The molecule has 0 amide bonds. The van der Waals surface area contributed by atoms with Gasteiger partial charge >= 0.3 is 0 Å². The Bertz CT molecular complexity index is 153. The minimum absolute atomic E-state index is 0.589. The Balaban J connectivity index is 1.88. The zero-order valence-corrected chi connectivity index (χ0v) is 10.2. The van der Waals surface area contributed by atoms with Gasteiger partial charge < -0.3 is 4.65 Å². The molecule has 2 aliphatic rings. The number of rotatable bonds is 3. The molecule has 0 unspecified atom stereocenters. The van der Waals surface area contributed by atoms with Crippen LogP contribution in [0.1, 0.15) is 64.2 Å². The maximum atomic E-state index is 5.83. The fraction of sp³-hybridized carbons (Fsp3) is 1.00. The largest absolute Gasteiger partial charge is 0.438 e. The summed E-state index contributed by atoms with van der Waals surface area (Å²) < 4.78 is 5.83. The van der Waals surface area contributed by atoms with Crippen molar-refractivity contribution in [3.63, 3.8) is 0 Å². The van der Waals surface area contributed by atoms with E-state index in [0.29, 0.717) is 6.92 Å². The van der Waals surface area contributed by atoms with E-state index in [1.54, 1.807) is 0 Å². The van der Waals surface area contributed by atoms with Gasteiger partial charge in [-0.1, -0.05) is 64.2 Å². The lowest BCUT2D eigenvalue weighted by molar-refractivity contribution is 0.346. The molecule has 0 N–H and O–H groups in total. The van der Waals surface area contributed by atoms with Crippen LogP contribution in [0.5, 0.6) is 0 Å². The Kier molecular flexibility index (Phi) is 4.55. The van der Waals surface area contributed by atoms with Crippen LogP contribution in [0.2, 0.25) is 11.6 Å². The minimum atomic E-state index is 0.589. The van der Waals surface area contributed by atoms with Crippen molar-refractivity contribution in [2.45, 2.75) is 75.8 Å². The lowest BCUT2D eigenvalue weighted by Crippen LogP contribution is -2.32. The zero-order valence-electron chi connectivity index (χ0n) is 10.2. The van der Waals surface area contributed by atoms with Gasteiger partial charge in [0.15, 0.2) is 0 Å². The molecule has 0 aliphatic heterocycles. The maximum absolute atomic E-state index is 5.83. The molecule has 2 rings (SSSR count). The molecule has 0 spiro atoms. The molecule has 2 fully saturated rings. The van der Waals surface area contributed by atoms with E-state index in [-0.39, 0.29) is 0 Å². The van der Waals surface area contributed by atoms with Crippen molar-refractivity contribution >= 4 is 6.92 Å². The normalized spacial score (nSPS) is 25.4. The van der Waals surface area contributed by atoms with Crippen molar-refractivity contribution in [2.24, 2.45) is 0 Å². The van der Waals surface area contributed by atoms with Gasteiger partial charge in [-0.15, -0.1) is 0 Å². The summed E-state index contributed by atoms with van der Waals surface area (Å²) in [5.74, 6) is 1.76. The lowest BCUT2D eigenvalue weighted by atomic mass is 9.42. The third-order valence-electron chi connectivity index (χ3n) is 4.50. The Morgan fingerprint density at radius 2 is 1.13 bits per heavy atom. The molecule has 2 saturated carbocycles. The third kappa shape index (κ3) is 2.99. The molecule has 2 aliphatic carbocycles. The maximum Gasteiger partial charge on any atom is 0.298 e. The summed E-state index contributed by atoms with van der Waals surface area (Å²) in [4.78, 5) is 0. The second-order valence-corrected chi connectivity index (χ2v) is 5.50. The molecule has 15 heavy (non-hydrogen) atoms. The highest BCUT2D eigenvalue weighted by molar-refractivity contribution is 6.55. The second-order valence-electron chi connectivity index (χ2n) is 5.50. The molecule has 0 aromatic rings. The summed E-state index contributed by atoms with van der Waals surface area (Å²) in [5.41, 5.74) is 0. The Hall–Kier alpha value is 0.0249. The van der Waals surface area contributed by atoms with Crippen LogP contribution >= 0.6 is 0 Å². The van der Waals surface area contributed by atoms with E-state index >= 15 is 0 Å². The van der Waals surface area contributed by atoms with Crippen LogP contribution in [0.25, 0.3) is 0 Å². The van der Waals surface area contributed by atoms with Gasteiger partial charge in [-0.2, -0.15) is 0 Å². The highest BCUT2D eigenvalue weighted by Gasteiger charge is 2.35. The van der Waals surface area contributed by atoms with Crippen molar-refractivity contribution in [1.29, 1.82) is 0 Å². The van der Waals surface area contributed by atoms with Gasteiger partial charge in [-0.3, -0.25) is 0 Å². The molecule has 0 saturated heterocycles. The second kappa shape index (κ2) is 5.93. The summed E-state index contributed by atoms with van der Waals surface area (Å²) in [6.07, 6.45) is 14.4. The smallest absolute Gasteiger partial charge is 0.298 e. The third-order valence-corrected chi connectivity index (χ3v) is 4.50. The van der Waals surface area contributed by atoms with Gasteiger partial charge in [0.2, 0.25) is 0 Å². The topological polar surface area (TPSA) is 9.23 Å². The van der Waals surface area contributed by atoms with E-state index < -0.39 is 0 Å². The Morgan fingerprint density at radius 3 is 1.47 bits per heavy atom. The Labute approximate surface area is 95.1 Å². The van der Waals surface area contributed by atoms with E-state index in [1.807, 2.05) is 7.11 Å². The standard InChI is InChI=1S/C13H25BO/c1-15-14(12-8-4-2-5-9-12)13-10-6-3-7-11-13/h12-13H,2-11H2,1H3. The molecule has 2 heteroatoms. The van der Waals surface area contributed by atoms with Gasteiger partial charge in [-0.25, -0.2) is 0 Å². The first-order chi connectivity index (χ1) is 7.42. The van der Waals surface area contributed by atoms with Crippen molar-refractivity contribution < 1.29 is 4.65 Å². The number of hydrogen-bond donors (Lipinski definition) is 0. The summed E-state index contributed by atoms with van der Waals surface area (Å²) in [6, 6.07) is 0. The first-order valence-electron chi connectivity index (χ1n) is 6.94. The molecular weight excluding hydrogens is 183 g/mol. The average Bonchev–Trinajstić information content (AvgIpc) is 2.33. The van der Waals surface area contributed by atoms with E-state index in [2.05, 4.69) is 0 Å². The molecular formula is C13H25BO. The molecule has 86 valence electrons. The van der Waals surface area contributed by atoms with Crippen molar-refractivity contribution in [2.75, 3.05) is 7.11 Å². The lowest BCUT2D eigenvalue weighted by Gasteiger charge is -2.33. The van der Waals surface area contributed by atoms with Crippen molar-refractivity contribution in [1.82, 2.24) is 0 Å². The van der Waals surface area contributed by atoms with Crippen LogP contribution in [0.3, 0.4) is 0 Å². The Morgan fingerprint density at radius 1 is 0.733 bits per heavy atom. The average molecular weight is 208 g/mol. The first-order valence-corrected chi connectivity index (χ1v) is 6.94. The summed E-state index contributed by atoms with van der Waals surface area (Å²) in [6.45, 7) is 0.589. The van der Waals surface area contributed by atoms with Crippen LogP contribution in [0, 0.1) is 0 Å². The van der Waals surface area contributed by atoms with Crippen molar-refractivity contribution in [3.8, 4) is 0 Å². The highest BCUT2D eigenvalue weighted by Crippen LogP contribution is 2.41. The van der Waals surface area contributed by atoms with Crippen LogP contribution in [0.4, 0.5) is 0 Å². The van der Waals surface area contributed by atoms with E-state index in [4.69, 9.17) is 4.65 Å². The van der Waals surface area contributed by atoms with E-state index in [9.17, 15) is 0 Å². The summed E-state index contributed by atoms with van der Waals surface area (Å²) in [5, 5.41) is 0. The summed E-state index contributed by atoms with van der Waals surface area (Å²) in [7, 11) is 1.94. The van der Waals surface area contributed by atoms with Crippen LogP contribution in [0.15, 0.2) is 0 Å². The predicted molar refractivity (Wildman–Crippen MR) is 66.4 cm³/mol. The fourth-order valence-electron chi connectivity index (χ4n) is 3.70. The SMILES string of the molecule is COB(C1CCCCC1)C1CCCCC1. The van der Waals surface area contributed by atoms with Gasteiger partial charge in [0.05, 0.1) is 0 Å². The van der Waals surface area contributed by atoms with Gasteiger partial charge in [-0.05, 0) is 11.6 Å². The predicted octanol–water partition coefficient (Wildman–Crippen LogP) is 4.29. The monoisotopic (exact) mass is 208 g/mol. The highest BCUT2D eigenvalue weighted by atomic mass is 16.4. The molecule has 0 heterocycles. The van der Waals surface area contributed by atoms with Gasteiger partial charge in [0.25, 0.3) is 6.92 Å². The minimum Gasteiger partial charge on any atom is -0.438 e. The summed E-state index contributed by atoms with van der Waals surface area (Å²) >= 11 is 0. The van der Waals surface area contributed by atoms with E-state index in [0.717, 1.165) is 11.6 Å². The van der Waals surface area contributed by atoms with Crippen LogP contribution in [-0.2, 0) is 4.65 Å². The van der Waals surface area contributed by atoms with Gasteiger partial charge in [0, 0.05) is 7.11 Å². The molecule has 1 nitrogen and oxygen atoms in total. The molecule has 0 radical (unpaired) electrons. The first kappa shape index (κ1) is 11.5. The quantitative estimate of drug-likeness (QED) is 0.628. The van der Waals surface area contributed by atoms with Crippen LogP contribution < -0.4 is 0 Å². The van der Waals surface area contributed by atoms with E-state index in [1.165, 1.54) is 64.2 Å². The van der Waals surface area contributed by atoms with Crippen LogP contribution in [-0.4, -0.2) is 14.0 Å². The molecule has 0 aromatic heterocycles. The number of hydrogen-bond acceptors (Lipinski definition) is 1. The molecule has 0 bridgehead atoms. The van der Waals surface area contributed by atoms with Crippen molar-refractivity contribution in [3.05, 3.63) is 0 Å². The fourth-order valence-corrected chi connectivity index (χ4v) is 3.70. The molecule has 0 atom stereocenters. The van der Waals surface area contributed by atoms with Gasteiger partial charge in [0.1, 0.15) is 0 Å². The zero-order chi connectivity index (χ0) is 10.5. The molecule has 0 aromatic carbocycles.